The number of ether oxygens (including phenoxy) is 1. The third-order valence-corrected chi connectivity index (χ3v) is 3.43. The third kappa shape index (κ3) is 4.34. The van der Waals surface area contributed by atoms with E-state index in [1.54, 1.807) is 24.3 Å². The van der Waals surface area contributed by atoms with Gasteiger partial charge in [0.15, 0.2) is 11.6 Å². The lowest BCUT2D eigenvalue weighted by molar-refractivity contribution is 0.436. The second kappa shape index (κ2) is 7.64. The molecule has 0 aliphatic heterocycles. The van der Waals surface area contributed by atoms with Crippen molar-refractivity contribution in [3.63, 3.8) is 0 Å². The Kier molecular flexibility index (Phi) is 5.85. The molecule has 0 bridgehead atoms. The van der Waals surface area contributed by atoms with Crippen molar-refractivity contribution in [3.05, 3.63) is 57.8 Å². The van der Waals surface area contributed by atoms with E-state index in [0.717, 1.165) is 18.5 Å². The van der Waals surface area contributed by atoms with Crippen molar-refractivity contribution in [2.24, 2.45) is 0 Å². The zero-order valence-corrected chi connectivity index (χ0v) is 13.1. The largest absolute Gasteiger partial charge is 0.454 e. The molecule has 2 nitrogen and oxygen atoms in total. The molecule has 0 unspecified atom stereocenters. The van der Waals surface area contributed by atoms with Crippen molar-refractivity contribution in [2.75, 3.05) is 6.54 Å². The van der Waals surface area contributed by atoms with Crippen LogP contribution in [0.1, 0.15) is 18.9 Å². The third-order valence-electron chi connectivity index (χ3n) is 2.90. The van der Waals surface area contributed by atoms with Gasteiger partial charge >= 0.3 is 0 Å². The van der Waals surface area contributed by atoms with Crippen LogP contribution in [-0.4, -0.2) is 6.54 Å². The van der Waals surface area contributed by atoms with Crippen LogP contribution in [0.15, 0.2) is 36.4 Å². The highest BCUT2D eigenvalue weighted by Gasteiger charge is 2.11. The predicted octanol–water partition coefficient (Wildman–Crippen LogP) is 5.42. The highest BCUT2D eigenvalue weighted by molar-refractivity contribution is 6.31. The first-order valence-corrected chi connectivity index (χ1v) is 7.48. The van der Waals surface area contributed by atoms with E-state index >= 15 is 0 Å². The molecule has 112 valence electrons. The minimum atomic E-state index is -0.568. The van der Waals surface area contributed by atoms with Crippen LogP contribution in [-0.2, 0) is 6.54 Å². The van der Waals surface area contributed by atoms with Gasteiger partial charge in [0, 0.05) is 17.1 Å². The lowest BCUT2D eigenvalue weighted by atomic mass is 10.2. The number of nitrogens with one attached hydrogen (secondary N) is 1. The Morgan fingerprint density at radius 2 is 1.95 bits per heavy atom. The second-order valence-electron chi connectivity index (χ2n) is 4.58. The summed E-state index contributed by atoms with van der Waals surface area (Å²) in [5, 5.41) is 3.92. The molecular formula is C16H16Cl2FNO. The number of rotatable bonds is 6. The summed E-state index contributed by atoms with van der Waals surface area (Å²) in [7, 11) is 0. The molecular weight excluding hydrogens is 312 g/mol. The van der Waals surface area contributed by atoms with Gasteiger partial charge in [0.2, 0.25) is 0 Å². The Hall–Kier alpha value is -1.29. The van der Waals surface area contributed by atoms with E-state index in [-0.39, 0.29) is 10.8 Å². The smallest absolute Gasteiger partial charge is 0.184 e. The fraction of sp³-hybridized carbons (Fsp3) is 0.250. The molecule has 0 spiro atoms. The van der Waals surface area contributed by atoms with Gasteiger partial charge in [-0.15, -0.1) is 0 Å². The molecule has 1 N–H and O–H groups in total. The summed E-state index contributed by atoms with van der Waals surface area (Å²) in [6.07, 6.45) is 1.03. The summed E-state index contributed by atoms with van der Waals surface area (Å²) in [5.41, 5.74) is 0.871. The van der Waals surface area contributed by atoms with Crippen LogP contribution in [0.25, 0.3) is 0 Å². The van der Waals surface area contributed by atoms with Crippen molar-refractivity contribution < 1.29 is 9.13 Å². The zero-order valence-electron chi connectivity index (χ0n) is 11.6. The van der Waals surface area contributed by atoms with E-state index in [1.165, 1.54) is 6.07 Å². The molecule has 0 aliphatic rings. The molecule has 0 radical (unpaired) electrons. The first kappa shape index (κ1) is 16.1. The zero-order chi connectivity index (χ0) is 15.2. The monoisotopic (exact) mass is 327 g/mol. The summed E-state index contributed by atoms with van der Waals surface area (Å²) in [6.45, 7) is 3.58. The van der Waals surface area contributed by atoms with Crippen LogP contribution in [0.4, 0.5) is 4.39 Å². The summed E-state index contributed by atoms with van der Waals surface area (Å²) < 4.78 is 19.6. The predicted molar refractivity (Wildman–Crippen MR) is 84.9 cm³/mol. The van der Waals surface area contributed by atoms with Crippen LogP contribution in [0.2, 0.25) is 10.0 Å². The van der Waals surface area contributed by atoms with Gasteiger partial charge in [0.1, 0.15) is 5.75 Å². The molecule has 5 heteroatoms. The standard InChI is InChI=1S/C16H16Cl2FNO/c1-2-8-20-10-11-9-12(17)6-7-14(11)21-15-5-3-4-13(18)16(15)19/h3-7,9,20H,2,8,10H2,1H3. The van der Waals surface area contributed by atoms with Crippen LogP contribution in [0, 0.1) is 5.82 Å². The molecule has 2 rings (SSSR count). The van der Waals surface area contributed by atoms with Crippen molar-refractivity contribution in [1.82, 2.24) is 5.32 Å². The summed E-state index contributed by atoms with van der Waals surface area (Å²) in [6, 6.07) is 9.91. The maximum atomic E-state index is 13.9. The van der Waals surface area contributed by atoms with Gasteiger partial charge in [0.05, 0.1) is 5.02 Å². The van der Waals surface area contributed by atoms with Gasteiger partial charge < -0.3 is 10.1 Å². The van der Waals surface area contributed by atoms with Gasteiger partial charge in [-0.25, -0.2) is 4.39 Å². The van der Waals surface area contributed by atoms with E-state index in [4.69, 9.17) is 27.9 Å². The average molecular weight is 328 g/mol. The van der Waals surface area contributed by atoms with Gasteiger partial charge in [-0.05, 0) is 43.3 Å². The highest BCUT2D eigenvalue weighted by Crippen LogP contribution is 2.31. The first-order valence-electron chi connectivity index (χ1n) is 6.73. The lowest BCUT2D eigenvalue weighted by Crippen LogP contribution is -2.14. The van der Waals surface area contributed by atoms with Gasteiger partial charge in [-0.1, -0.05) is 36.2 Å². The van der Waals surface area contributed by atoms with E-state index in [1.807, 2.05) is 6.07 Å². The molecule has 21 heavy (non-hydrogen) atoms. The van der Waals surface area contributed by atoms with Crippen molar-refractivity contribution in [2.45, 2.75) is 19.9 Å². The molecule has 0 aliphatic carbocycles. The van der Waals surface area contributed by atoms with Crippen LogP contribution in [0.3, 0.4) is 0 Å². The van der Waals surface area contributed by atoms with Crippen LogP contribution < -0.4 is 10.1 Å². The lowest BCUT2D eigenvalue weighted by Gasteiger charge is -2.13. The summed E-state index contributed by atoms with van der Waals surface area (Å²) in [4.78, 5) is 0. The minimum Gasteiger partial charge on any atom is -0.454 e. The molecule has 0 amide bonds. The van der Waals surface area contributed by atoms with Crippen LogP contribution >= 0.6 is 23.2 Å². The van der Waals surface area contributed by atoms with E-state index in [2.05, 4.69) is 12.2 Å². The van der Waals surface area contributed by atoms with Crippen molar-refractivity contribution in [1.29, 1.82) is 0 Å². The molecule has 2 aromatic carbocycles. The Morgan fingerprint density at radius 3 is 2.71 bits per heavy atom. The number of halogens is 3. The maximum absolute atomic E-state index is 13.9. The highest BCUT2D eigenvalue weighted by atomic mass is 35.5. The molecule has 0 saturated carbocycles. The van der Waals surface area contributed by atoms with Crippen molar-refractivity contribution in [3.8, 4) is 11.5 Å². The first-order chi connectivity index (χ1) is 10.1. The normalized spacial score (nSPS) is 10.7. The molecule has 0 atom stereocenters. The van der Waals surface area contributed by atoms with Gasteiger partial charge in [-0.2, -0.15) is 0 Å². The molecule has 2 aromatic rings. The Balaban J connectivity index is 2.24. The fourth-order valence-electron chi connectivity index (χ4n) is 1.87. The Bertz CT molecular complexity index is 619. The molecule has 0 aromatic heterocycles. The SMILES string of the molecule is CCCNCc1cc(Cl)ccc1Oc1cccc(Cl)c1F. The molecule has 0 heterocycles. The van der Waals surface area contributed by atoms with Gasteiger partial charge in [-0.3, -0.25) is 0 Å². The van der Waals surface area contributed by atoms with E-state index in [0.29, 0.717) is 17.3 Å². The maximum Gasteiger partial charge on any atom is 0.184 e. The van der Waals surface area contributed by atoms with Crippen LogP contribution in [0.5, 0.6) is 11.5 Å². The number of benzene rings is 2. The number of hydrogen-bond donors (Lipinski definition) is 1. The van der Waals surface area contributed by atoms with E-state index in [9.17, 15) is 4.39 Å². The topological polar surface area (TPSA) is 21.3 Å². The average Bonchev–Trinajstić information content (AvgIpc) is 2.46. The minimum absolute atomic E-state index is 0.0344. The summed E-state index contributed by atoms with van der Waals surface area (Å²) in [5.74, 6) is 0.0901. The molecule has 0 fully saturated rings. The Labute approximate surface area is 133 Å². The molecule has 0 saturated heterocycles. The quantitative estimate of drug-likeness (QED) is 0.715. The Morgan fingerprint density at radius 1 is 1.14 bits per heavy atom. The fourth-order valence-corrected chi connectivity index (χ4v) is 2.23. The second-order valence-corrected chi connectivity index (χ2v) is 5.43. The van der Waals surface area contributed by atoms with E-state index < -0.39 is 5.82 Å². The van der Waals surface area contributed by atoms with Crippen molar-refractivity contribution >= 4 is 23.2 Å². The number of hydrogen-bond acceptors (Lipinski definition) is 2. The summed E-state index contributed by atoms with van der Waals surface area (Å²) >= 11 is 11.8. The van der Waals surface area contributed by atoms with Gasteiger partial charge in [0.25, 0.3) is 0 Å².